The first-order valence-electron chi connectivity index (χ1n) is 5.50. The van der Waals surface area contributed by atoms with E-state index in [0.29, 0.717) is 12.2 Å². The Morgan fingerprint density at radius 3 is 2.38 bits per heavy atom. The van der Waals surface area contributed by atoms with E-state index in [4.69, 9.17) is 4.74 Å². The lowest BCUT2D eigenvalue weighted by Gasteiger charge is -2.33. The predicted molar refractivity (Wildman–Crippen MR) is 62.1 cm³/mol. The number of aromatic hydroxyl groups is 1. The lowest BCUT2D eigenvalue weighted by molar-refractivity contribution is -0.00129. The molecule has 0 aliphatic carbocycles. The Morgan fingerprint density at radius 2 is 1.75 bits per heavy atom. The van der Waals surface area contributed by atoms with E-state index < -0.39 is 5.60 Å². The third-order valence-electron chi connectivity index (χ3n) is 3.43. The third kappa shape index (κ3) is 1.55. The molecule has 1 atom stereocenters. The van der Waals surface area contributed by atoms with Crippen molar-refractivity contribution in [3.05, 3.63) is 22.3 Å². The van der Waals surface area contributed by atoms with Gasteiger partial charge >= 0.3 is 0 Å². The number of benzene rings is 1. The van der Waals surface area contributed by atoms with E-state index >= 15 is 0 Å². The highest BCUT2D eigenvalue weighted by molar-refractivity contribution is 5.58. The summed E-state index contributed by atoms with van der Waals surface area (Å²) >= 11 is 0. The van der Waals surface area contributed by atoms with Gasteiger partial charge in [0.2, 0.25) is 0 Å². The zero-order valence-corrected chi connectivity index (χ0v) is 10.2. The molecule has 3 nitrogen and oxygen atoms in total. The topological polar surface area (TPSA) is 49.7 Å². The van der Waals surface area contributed by atoms with Crippen LogP contribution in [0.4, 0.5) is 0 Å². The summed E-state index contributed by atoms with van der Waals surface area (Å²) in [4.78, 5) is 0. The van der Waals surface area contributed by atoms with Gasteiger partial charge in [-0.3, -0.25) is 0 Å². The van der Waals surface area contributed by atoms with Crippen molar-refractivity contribution in [2.45, 2.75) is 39.7 Å². The molecule has 1 aromatic carbocycles. The van der Waals surface area contributed by atoms with E-state index in [2.05, 4.69) is 0 Å². The average molecular weight is 222 g/mol. The van der Waals surface area contributed by atoms with Gasteiger partial charge in [-0.25, -0.2) is 0 Å². The lowest BCUT2D eigenvalue weighted by atomic mass is 9.87. The first-order chi connectivity index (χ1) is 7.33. The quantitative estimate of drug-likeness (QED) is 0.706. The van der Waals surface area contributed by atoms with Gasteiger partial charge in [0.25, 0.3) is 0 Å². The Labute approximate surface area is 95.7 Å². The van der Waals surface area contributed by atoms with Crippen LogP contribution in [0.5, 0.6) is 11.5 Å². The molecule has 0 amide bonds. The normalized spacial score (nSPS) is 23.8. The molecule has 1 aliphatic heterocycles. The van der Waals surface area contributed by atoms with Crippen LogP contribution in [0.15, 0.2) is 0 Å². The fourth-order valence-electron chi connectivity index (χ4n) is 2.26. The molecule has 0 saturated heterocycles. The highest BCUT2D eigenvalue weighted by Crippen LogP contribution is 2.41. The van der Waals surface area contributed by atoms with Crippen molar-refractivity contribution in [1.82, 2.24) is 0 Å². The maximum absolute atomic E-state index is 10.0. The van der Waals surface area contributed by atoms with Crippen LogP contribution in [-0.4, -0.2) is 22.4 Å². The second-order valence-electron chi connectivity index (χ2n) is 4.99. The van der Waals surface area contributed by atoms with E-state index in [-0.39, 0.29) is 6.61 Å². The predicted octanol–water partition coefficient (Wildman–Crippen LogP) is 2.00. The monoisotopic (exact) mass is 222 g/mol. The number of rotatable bonds is 0. The van der Waals surface area contributed by atoms with Gasteiger partial charge in [0.15, 0.2) is 0 Å². The minimum Gasteiger partial charge on any atom is -0.507 e. The van der Waals surface area contributed by atoms with Crippen LogP contribution in [0.2, 0.25) is 0 Å². The standard InChI is InChI=1S/C13H18O3/c1-7-8(2)11(14)9(3)12-10(7)5-13(4,15)6-16-12/h14-15H,5-6H2,1-4H3. The van der Waals surface area contributed by atoms with Gasteiger partial charge in [-0.15, -0.1) is 0 Å². The fourth-order valence-corrected chi connectivity index (χ4v) is 2.26. The molecule has 0 fully saturated rings. The van der Waals surface area contributed by atoms with Crippen LogP contribution >= 0.6 is 0 Å². The molecule has 2 N–H and O–H groups in total. The molecule has 0 saturated carbocycles. The number of hydrogen-bond acceptors (Lipinski definition) is 3. The van der Waals surface area contributed by atoms with Crippen LogP contribution in [0.25, 0.3) is 0 Å². The minimum atomic E-state index is -0.812. The zero-order chi connectivity index (χ0) is 12.1. The van der Waals surface area contributed by atoms with Crippen LogP contribution in [-0.2, 0) is 6.42 Å². The Morgan fingerprint density at radius 1 is 1.12 bits per heavy atom. The second kappa shape index (κ2) is 3.39. The zero-order valence-electron chi connectivity index (χ0n) is 10.2. The van der Waals surface area contributed by atoms with E-state index in [1.54, 1.807) is 6.92 Å². The van der Waals surface area contributed by atoms with E-state index in [9.17, 15) is 10.2 Å². The van der Waals surface area contributed by atoms with Gasteiger partial charge in [0, 0.05) is 17.5 Å². The van der Waals surface area contributed by atoms with Crippen LogP contribution in [0.1, 0.15) is 29.2 Å². The molecule has 0 spiro atoms. The molecular formula is C13H18O3. The maximum atomic E-state index is 10.0. The molecular weight excluding hydrogens is 204 g/mol. The smallest absolute Gasteiger partial charge is 0.129 e. The highest BCUT2D eigenvalue weighted by Gasteiger charge is 2.32. The van der Waals surface area contributed by atoms with Crippen LogP contribution < -0.4 is 4.74 Å². The molecule has 16 heavy (non-hydrogen) atoms. The first-order valence-corrected chi connectivity index (χ1v) is 5.50. The number of aliphatic hydroxyl groups is 1. The minimum absolute atomic E-state index is 0.281. The summed E-state index contributed by atoms with van der Waals surface area (Å²) in [5.74, 6) is 1.05. The van der Waals surface area contributed by atoms with Gasteiger partial charge in [-0.1, -0.05) is 0 Å². The molecule has 2 rings (SSSR count). The lowest BCUT2D eigenvalue weighted by Crippen LogP contribution is -2.39. The Balaban J connectivity index is 2.65. The summed E-state index contributed by atoms with van der Waals surface area (Å²) in [6, 6.07) is 0. The van der Waals surface area contributed by atoms with Gasteiger partial charge in [0.05, 0.1) is 5.60 Å². The number of ether oxygens (including phenoxy) is 1. The van der Waals surface area contributed by atoms with Crippen molar-refractivity contribution >= 4 is 0 Å². The van der Waals surface area contributed by atoms with E-state index in [1.165, 1.54) is 0 Å². The molecule has 0 bridgehead atoms. The van der Waals surface area contributed by atoms with Crippen molar-refractivity contribution < 1.29 is 14.9 Å². The average Bonchev–Trinajstić information content (AvgIpc) is 2.22. The summed E-state index contributed by atoms with van der Waals surface area (Å²) in [5.41, 5.74) is 2.86. The Hall–Kier alpha value is -1.22. The number of hydrogen-bond donors (Lipinski definition) is 2. The van der Waals surface area contributed by atoms with Crippen LogP contribution in [0.3, 0.4) is 0 Å². The van der Waals surface area contributed by atoms with Crippen LogP contribution in [0, 0.1) is 20.8 Å². The molecule has 1 aliphatic rings. The molecule has 1 unspecified atom stereocenters. The molecule has 3 heteroatoms. The van der Waals surface area contributed by atoms with Crippen molar-refractivity contribution in [3.8, 4) is 11.5 Å². The summed E-state index contributed by atoms with van der Waals surface area (Å²) in [6.07, 6.45) is 0.579. The largest absolute Gasteiger partial charge is 0.507 e. The fraction of sp³-hybridized carbons (Fsp3) is 0.538. The summed E-state index contributed by atoms with van der Waals surface area (Å²) in [5, 5.41) is 19.9. The van der Waals surface area contributed by atoms with Crippen molar-refractivity contribution in [2.75, 3.05) is 6.61 Å². The molecule has 1 heterocycles. The van der Waals surface area contributed by atoms with Gasteiger partial charge in [-0.05, 0) is 38.8 Å². The van der Waals surface area contributed by atoms with Crippen molar-refractivity contribution in [2.24, 2.45) is 0 Å². The SMILES string of the molecule is Cc1c(C)c2c(c(C)c1O)OCC(C)(O)C2. The summed E-state index contributed by atoms with van der Waals surface area (Å²) in [6.45, 7) is 7.75. The van der Waals surface area contributed by atoms with E-state index in [1.807, 2.05) is 20.8 Å². The molecule has 88 valence electrons. The van der Waals surface area contributed by atoms with Crippen molar-refractivity contribution in [3.63, 3.8) is 0 Å². The van der Waals surface area contributed by atoms with Gasteiger partial charge in [0.1, 0.15) is 18.1 Å². The van der Waals surface area contributed by atoms with Crippen molar-refractivity contribution in [1.29, 1.82) is 0 Å². The summed E-state index contributed by atoms with van der Waals surface area (Å²) < 4.78 is 5.58. The molecule has 0 radical (unpaired) electrons. The Kier molecular flexibility index (Phi) is 2.39. The summed E-state index contributed by atoms with van der Waals surface area (Å²) in [7, 11) is 0. The number of phenols is 1. The third-order valence-corrected chi connectivity index (χ3v) is 3.43. The number of fused-ring (bicyclic) bond motifs is 1. The maximum Gasteiger partial charge on any atom is 0.129 e. The van der Waals surface area contributed by atoms with Gasteiger partial charge in [-0.2, -0.15) is 0 Å². The number of phenolic OH excluding ortho intramolecular Hbond substituents is 1. The van der Waals surface area contributed by atoms with Gasteiger partial charge < -0.3 is 14.9 Å². The molecule has 0 aromatic heterocycles. The Bertz CT molecular complexity index is 447. The highest BCUT2D eigenvalue weighted by atomic mass is 16.5. The van der Waals surface area contributed by atoms with E-state index in [0.717, 1.165) is 28.0 Å². The molecule has 1 aromatic rings. The first kappa shape index (κ1) is 11.3. The second-order valence-corrected chi connectivity index (χ2v) is 4.99.